The van der Waals surface area contributed by atoms with Gasteiger partial charge in [-0.2, -0.15) is 5.26 Å². The van der Waals surface area contributed by atoms with Crippen molar-refractivity contribution in [3.8, 4) is 6.19 Å². The molecule has 1 aliphatic heterocycles. The van der Waals surface area contributed by atoms with Gasteiger partial charge in [-0.3, -0.25) is 19.9 Å². The van der Waals surface area contributed by atoms with E-state index in [4.69, 9.17) is 0 Å². The lowest BCUT2D eigenvalue weighted by Gasteiger charge is -2.44. The maximum atomic E-state index is 13.2. The van der Waals surface area contributed by atoms with Crippen LogP contribution >= 0.6 is 0 Å². The third-order valence-electron chi connectivity index (χ3n) is 7.50. The molecule has 8 nitrogen and oxygen atoms in total. The molecule has 0 aromatic heterocycles. The van der Waals surface area contributed by atoms with Crippen LogP contribution in [0, 0.1) is 23.2 Å². The highest BCUT2D eigenvalue weighted by molar-refractivity contribution is 6.03. The molecular formula is C30H39FN5O3+. The van der Waals surface area contributed by atoms with Crippen molar-refractivity contribution < 1.29 is 23.6 Å². The summed E-state index contributed by atoms with van der Waals surface area (Å²) in [6.45, 7) is 7.42. The molecule has 0 spiro atoms. The molecule has 1 aliphatic rings. The van der Waals surface area contributed by atoms with Gasteiger partial charge in [0.1, 0.15) is 5.82 Å². The molecule has 1 heterocycles. The second-order valence-electron chi connectivity index (χ2n) is 10.4. The number of carbonyl (C=O) groups is 2. The summed E-state index contributed by atoms with van der Waals surface area (Å²) in [4.78, 5) is 28.4. The van der Waals surface area contributed by atoms with Gasteiger partial charge < -0.3 is 14.9 Å². The van der Waals surface area contributed by atoms with E-state index in [1.165, 1.54) is 31.5 Å². The molecule has 0 atom stereocenters. The highest BCUT2D eigenvalue weighted by Crippen LogP contribution is 2.27. The molecule has 1 fully saturated rings. The van der Waals surface area contributed by atoms with Gasteiger partial charge in [0.15, 0.2) is 17.8 Å². The zero-order valence-corrected chi connectivity index (χ0v) is 22.9. The van der Waals surface area contributed by atoms with E-state index in [1.807, 2.05) is 18.3 Å². The Hall–Kier alpha value is -3.61. The first-order chi connectivity index (χ1) is 18.7. The zero-order chi connectivity index (χ0) is 28.3. The summed E-state index contributed by atoms with van der Waals surface area (Å²) in [5.74, 6) is 0.290. The number of nitrogens with one attached hydrogen (secondary N) is 2. The van der Waals surface area contributed by atoms with Crippen molar-refractivity contribution in [2.45, 2.75) is 46.0 Å². The highest BCUT2D eigenvalue weighted by atomic mass is 19.1. The van der Waals surface area contributed by atoms with E-state index >= 15 is 0 Å². The Balaban J connectivity index is 1.60. The summed E-state index contributed by atoms with van der Waals surface area (Å²) in [7, 11) is 0. The second-order valence-corrected chi connectivity index (χ2v) is 10.4. The average Bonchev–Trinajstić information content (AvgIpc) is 2.92. The number of hydrogen-bond donors (Lipinski definition) is 3. The number of aliphatic hydroxyl groups excluding tert-OH is 1. The van der Waals surface area contributed by atoms with Gasteiger partial charge in [-0.05, 0) is 74.9 Å². The molecule has 0 saturated carbocycles. The number of nitrogens with zero attached hydrogens (tertiary/aromatic N) is 3. The smallest absolute Gasteiger partial charge is 0.209 e. The van der Waals surface area contributed by atoms with Crippen molar-refractivity contribution >= 4 is 23.2 Å². The summed E-state index contributed by atoms with van der Waals surface area (Å²) in [6, 6.07) is 11.6. The van der Waals surface area contributed by atoms with Gasteiger partial charge in [0.2, 0.25) is 5.96 Å². The molecule has 2 aromatic rings. The maximum absolute atomic E-state index is 13.2. The number of piperidine rings is 1. The molecule has 3 rings (SSSR count). The Morgan fingerprint density at radius 3 is 2.23 bits per heavy atom. The number of benzene rings is 2. The fraction of sp³-hybridized carbons (Fsp3) is 0.467. The first-order valence-electron chi connectivity index (χ1n) is 13.6. The van der Waals surface area contributed by atoms with Crippen molar-refractivity contribution in [3.05, 3.63) is 65.0 Å². The van der Waals surface area contributed by atoms with Crippen LogP contribution in [-0.2, 0) is 6.42 Å². The molecule has 1 saturated heterocycles. The number of Topliss-reactive ketones (excluding diaryl/α,β-unsaturated/α-hetero) is 2. The van der Waals surface area contributed by atoms with Gasteiger partial charge in [-0.1, -0.05) is 12.1 Å². The molecule has 0 aliphatic carbocycles. The molecule has 9 heteroatoms. The average molecular weight is 537 g/mol. The van der Waals surface area contributed by atoms with Crippen molar-refractivity contribution in [1.82, 2.24) is 5.32 Å². The zero-order valence-electron chi connectivity index (χ0n) is 22.9. The van der Waals surface area contributed by atoms with Crippen molar-refractivity contribution in [1.29, 1.82) is 5.26 Å². The number of halogens is 1. The number of nitriles is 1. The lowest BCUT2D eigenvalue weighted by Crippen LogP contribution is -2.54. The van der Waals surface area contributed by atoms with Crippen LogP contribution in [0.2, 0.25) is 0 Å². The van der Waals surface area contributed by atoms with Crippen LogP contribution in [0.4, 0.5) is 10.1 Å². The van der Waals surface area contributed by atoms with Crippen LogP contribution in [0.25, 0.3) is 0 Å². The van der Waals surface area contributed by atoms with Crippen molar-refractivity contribution in [3.63, 3.8) is 0 Å². The van der Waals surface area contributed by atoms with Gasteiger partial charge in [0.05, 0.1) is 26.2 Å². The SMILES string of the molecule is CC(=O)c1cc(NC(=NCCC[N+]2(CCCO)CCC(Cc3ccc(F)cc3)CC2)NC#N)cc(C(C)=O)c1. The number of quaternary nitrogens is 1. The van der Waals surface area contributed by atoms with E-state index in [0.29, 0.717) is 29.3 Å². The minimum absolute atomic E-state index is 0.161. The number of likely N-dealkylation sites (tertiary alicyclic amines) is 1. The van der Waals surface area contributed by atoms with Gasteiger partial charge in [-0.15, -0.1) is 0 Å². The quantitative estimate of drug-likeness (QED) is 0.0708. The topological polar surface area (TPSA) is 115 Å². The molecule has 0 amide bonds. The summed E-state index contributed by atoms with van der Waals surface area (Å²) >= 11 is 0. The number of guanidine groups is 1. The number of anilines is 1. The number of hydrogen-bond acceptors (Lipinski definition) is 5. The molecular weight excluding hydrogens is 497 g/mol. The predicted molar refractivity (Wildman–Crippen MR) is 150 cm³/mol. The molecule has 0 radical (unpaired) electrons. The third kappa shape index (κ3) is 9.27. The van der Waals surface area contributed by atoms with Gasteiger partial charge in [0.25, 0.3) is 0 Å². The fourth-order valence-electron chi connectivity index (χ4n) is 5.30. The molecule has 208 valence electrons. The monoisotopic (exact) mass is 536 g/mol. The molecule has 39 heavy (non-hydrogen) atoms. The van der Waals surface area contributed by atoms with Gasteiger partial charge >= 0.3 is 0 Å². The minimum Gasteiger partial charge on any atom is -0.396 e. The van der Waals surface area contributed by atoms with Crippen LogP contribution in [0.3, 0.4) is 0 Å². The van der Waals surface area contributed by atoms with E-state index in [-0.39, 0.29) is 30.0 Å². The van der Waals surface area contributed by atoms with Crippen molar-refractivity contribution in [2.75, 3.05) is 44.6 Å². The summed E-state index contributed by atoms with van der Waals surface area (Å²) < 4.78 is 14.2. The number of rotatable bonds is 12. The summed E-state index contributed by atoms with van der Waals surface area (Å²) in [5.41, 5.74) is 2.48. The van der Waals surface area contributed by atoms with Crippen LogP contribution in [-0.4, -0.2) is 66.4 Å². The molecule has 3 N–H and O–H groups in total. The largest absolute Gasteiger partial charge is 0.396 e. The fourth-order valence-corrected chi connectivity index (χ4v) is 5.30. The number of aliphatic imine (C=N–C) groups is 1. The Kier molecular flexibility index (Phi) is 11.1. The van der Waals surface area contributed by atoms with Crippen LogP contribution in [0.5, 0.6) is 0 Å². The van der Waals surface area contributed by atoms with Gasteiger partial charge in [-0.25, -0.2) is 4.39 Å². The molecule has 2 aromatic carbocycles. The number of carbonyl (C=O) groups excluding carboxylic acids is 2. The van der Waals surface area contributed by atoms with Crippen molar-refractivity contribution in [2.24, 2.45) is 10.9 Å². The lowest BCUT2D eigenvalue weighted by atomic mass is 9.88. The Morgan fingerprint density at radius 1 is 1.05 bits per heavy atom. The van der Waals surface area contributed by atoms with E-state index < -0.39 is 0 Å². The predicted octanol–water partition coefficient (Wildman–Crippen LogP) is 4.31. The molecule has 0 bridgehead atoms. The summed E-state index contributed by atoms with van der Waals surface area (Å²) in [5, 5.41) is 24.3. The molecule has 0 unspecified atom stereocenters. The van der Waals surface area contributed by atoms with E-state index in [1.54, 1.807) is 18.2 Å². The lowest BCUT2D eigenvalue weighted by molar-refractivity contribution is -0.933. The minimum atomic E-state index is -0.210. The highest BCUT2D eigenvalue weighted by Gasteiger charge is 2.33. The van der Waals surface area contributed by atoms with Gasteiger partial charge in [0, 0.05) is 42.8 Å². The number of ketones is 2. The summed E-state index contributed by atoms with van der Waals surface area (Å²) in [6.07, 6.45) is 6.56. The van der Waals surface area contributed by atoms with E-state index in [0.717, 1.165) is 62.8 Å². The maximum Gasteiger partial charge on any atom is 0.209 e. The van der Waals surface area contributed by atoms with E-state index in [9.17, 15) is 24.3 Å². The van der Waals surface area contributed by atoms with Crippen LogP contribution < -0.4 is 10.6 Å². The normalized spacial score (nSPS) is 19.3. The standard InChI is InChI=1S/C30H39FN5O3/c1-22(38)26-18-27(23(2)39)20-29(19-26)35-30(34-21-32)33-11-3-12-36(13-4-16-37)14-9-25(10-15-36)17-24-5-7-28(31)8-6-24/h5-8,18-20,25,37H,3-4,9-17H2,1-2H3,(H2,33,34,35)/q+1. The first kappa shape index (κ1) is 29.9. The van der Waals surface area contributed by atoms with E-state index in [2.05, 4.69) is 15.6 Å². The Bertz CT molecular complexity index is 1170. The third-order valence-corrected chi connectivity index (χ3v) is 7.50. The Labute approximate surface area is 230 Å². The van der Waals surface area contributed by atoms with Crippen LogP contribution in [0.15, 0.2) is 47.5 Å². The van der Waals surface area contributed by atoms with Crippen LogP contribution in [0.1, 0.15) is 65.8 Å². The number of aliphatic hydroxyl groups is 1. The Morgan fingerprint density at radius 2 is 1.67 bits per heavy atom. The first-order valence-corrected chi connectivity index (χ1v) is 13.6. The second kappa shape index (κ2) is 14.5.